The molecule has 1 aromatic rings. The molecule has 0 fully saturated rings. The van der Waals surface area contributed by atoms with Crippen LogP contribution >= 0.6 is 0 Å². The number of rotatable bonds is 3. The second-order valence-electron chi connectivity index (χ2n) is 3.81. The third-order valence-corrected chi connectivity index (χ3v) is 2.23. The molecule has 0 saturated carbocycles. The first-order valence-electron chi connectivity index (χ1n) is 5.20. The minimum absolute atomic E-state index is 0.0704. The minimum atomic E-state index is -4.67. The predicted molar refractivity (Wildman–Crippen MR) is 60.7 cm³/mol. The van der Waals surface area contributed by atoms with E-state index in [4.69, 9.17) is 5.73 Å². The van der Waals surface area contributed by atoms with E-state index in [0.29, 0.717) is 0 Å². The number of hydrogen-bond acceptors (Lipinski definition) is 3. The summed E-state index contributed by atoms with van der Waals surface area (Å²) in [7, 11) is 0. The Balaban J connectivity index is 2.86. The van der Waals surface area contributed by atoms with Gasteiger partial charge in [-0.25, -0.2) is 9.18 Å². The van der Waals surface area contributed by atoms with Crippen LogP contribution in [0.5, 0.6) is 0 Å². The number of benzene rings is 1. The molecule has 20 heavy (non-hydrogen) atoms. The fourth-order valence-corrected chi connectivity index (χ4v) is 1.24. The van der Waals surface area contributed by atoms with Crippen LogP contribution in [0, 0.1) is 12.7 Å². The summed E-state index contributed by atoms with van der Waals surface area (Å²) in [5.74, 6) is -1.79. The lowest BCUT2D eigenvalue weighted by Crippen LogP contribution is -2.24. The molecular formula is C11H10F4N2O3. The molecule has 2 amide bonds. The van der Waals surface area contributed by atoms with Crippen LogP contribution in [0.4, 0.5) is 28.0 Å². The number of primary amides is 1. The average Bonchev–Trinajstić information content (AvgIpc) is 2.31. The molecule has 0 bridgehead atoms. The number of nitrogens with one attached hydrogen (secondary N) is 1. The summed E-state index contributed by atoms with van der Waals surface area (Å²) in [5, 5.41) is 1.91. The highest BCUT2D eigenvalue weighted by atomic mass is 19.4. The number of hydrogen-bond donors (Lipinski definition) is 2. The van der Waals surface area contributed by atoms with Gasteiger partial charge in [-0.15, -0.1) is 0 Å². The Morgan fingerprint density at radius 2 is 1.95 bits per heavy atom. The van der Waals surface area contributed by atoms with Gasteiger partial charge in [0.15, 0.2) is 6.61 Å². The molecule has 1 rings (SSSR count). The monoisotopic (exact) mass is 294 g/mol. The predicted octanol–water partition coefficient (Wildman–Crippen LogP) is 2.34. The first-order chi connectivity index (χ1) is 9.10. The molecule has 9 heteroatoms. The van der Waals surface area contributed by atoms with Crippen molar-refractivity contribution >= 4 is 17.7 Å². The normalized spacial score (nSPS) is 11.1. The summed E-state index contributed by atoms with van der Waals surface area (Å²) in [6.07, 6.45) is -6.10. The van der Waals surface area contributed by atoms with E-state index in [1.165, 1.54) is 6.92 Å². The smallest absolute Gasteiger partial charge is 0.422 e. The maximum absolute atomic E-state index is 13.4. The van der Waals surface area contributed by atoms with Gasteiger partial charge in [-0.2, -0.15) is 13.2 Å². The molecular weight excluding hydrogens is 284 g/mol. The van der Waals surface area contributed by atoms with Gasteiger partial charge < -0.3 is 10.5 Å². The Morgan fingerprint density at radius 3 is 2.45 bits per heavy atom. The molecule has 0 aromatic heterocycles. The fraction of sp³-hybridized carbons (Fsp3) is 0.273. The van der Waals surface area contributed by atoms with Crippen molar-refractivity contribution in [3.05, 3.63) is 29.1 Å². The fourth-order valence-electron chi connectivity index (χ4n) is 1.24. The van der Waals surface area contributed by atoms with E-state index in [1.54, 1.807) is 0 Å². The van der Waals surface area contributed by atoms with Gasteiger partial charge in [0, 0.05) is 11.1 Å². The van der Waals surface area contributed by atoms with Crippen LogP contribution in [-0.2, 0) is 4.74 Å². The zero-order valence-corrected chi connectivity index (χ0v) is 10.2. The molecule has 3 N–H and O–H groups in total. The number of nitrogens with two attached hydrogens (primary N) is 1. The van der Waals surface area contributed by atoms with Gasteiger partial charge in [-0.1, -0.05) is 0 Å². The molecule has 0 atom stereocenters. The van der Waals surface area contributed by atoms with Crippen molar-refractivity contribution in [3.63, 3.8) is 0 Å². The van der Waals surface area contributed by atoms with Crippen molar-refractivity contribution in [1.29, 1.82) is 0 Å². The van der Waals surface area contributed by atoms with Crippen molar-refractivity contribution in [3.8, 4) is 0 Å². The third kappa shape index (κ3) is 4.41. The van der Waals surface area contributed by atoms with E-state index in [9.17, 15) is 27.2 Å². The number of carbonyl (C=O) groups excluding carboxylic acids is 2. The number of ether oxygens (including phenoxy) is 1. The average molecular weight is 294 g/mol. The van der Waals surface area contributed by atoms with Crippen LogP contribution in [0.25, 0.3) is 0 Å². The SMILES string of the molecule is Cc1c(F)cc(C(N)=O)cc1NC(=O)OCC(F)(F)F. The van der Waals surface area contributed by atoms with Crippen LogP contribution < -0.4 is 11.1 Å². The first-order valence-corrected chi connectivity index (χ1v) is 5.20. The molecule has 0 heterocycles. The molecule has 1 aromatic carbocycles. The van der Waals surface area contributed by atoms with E-state index in [1.807, 2.05) is 5.32 Å². The Bertz CT molecular complexity index is 543. The van der Waals surface area contributed by atoms with Gasteiger partial charge in [0.25, 0.3) is 0 Å². The van der Waals surface area contributed by atoms with Crippen molar-refractivity contribution in [2.45, 2.75) is 13.1 Å². The quantitative estimate of drug-likeness (QED) is 0.839. The Kier molecular flexibility index (Phi) is 4.53. The first kappa shape index (κ1) is 15.7. The Labute approximate surface area is 110 Å². The van der Waals surface area contributed by atoms with Crippen molar-refractivity contribution < 1.29 is 31.9 Å². The molecule has 0 aliphatic rings. The van der Waals surface area contributed by atoms with Gasteiger partial charge in [-0.05, 0) is 19.1 Å². The number of amides is 2. The molecule has 0 saturated heterocycles. The number of carbonyl (C=O) groups is 2. The van der Waals surface area contributed by atoms with Crippen LogP contribution in [0.15, 0.2) is 12.1 Å². The number of anilines is 1. The van der Waals surface area contributed by atoms with Crippen LogP contribution in [0.2, 0.25) is 0 Å². The van der Waals surface area contributed by atoms with Crippen LogP contribution in [0.1, 0.15) is 15.9 Å². The van der Waals surface area contributed by atoms with E-state index in [-0.39, 0.29) is 16.8 Å². The van der Waals surface area contributed by atoms with Crippen LogP contribution in [0.3, 0.4) is 0 Å². The zero-order chi connectivity index (χ0) is 15.5. The highest BCUT2D eigenvalue weighted by molar-refractivity contribution is 5.95. The Morgan fingerprint density at radius 1 is 1.35 bits per heavy atom. The highest BCUT2D eigenvalue weighted by Gasteiger charge is 2.29. The summed E-state index contributed by atoms with van der Waals surface area (Å²) < 4.78 is 52.9. The van der Waals surface area contributed by atoms with Crippen LogP contribution in [-0.4, -0.2) is 24.8 Å². The van der Waals surface area contributed by atoms with E-state index in [2.05, 4.69) is 4.74 Å². The lowest BCUT2D eigenvalue weighted by Gasteiger charge is -2.12. The second kappa shape index (κ2) is 5.76. The Hall–Kier alpha value is -2.32. The zero-order valence-electron chi connectivity index (χ0n) is 10.2. The largest absolute Gasteiger partial charge is 0.440 e. The van der Waals surface area contributed by atoms with E-state index in [0.717, 1.165) is 12.1 Å². The summed E-state index contributed by atoms with van der Waals surface area (Å²) in [6.45, 7) is -0.519. The summed E-state index contributed by atoms with van der Waals surface area (Å²) in [4.78, 5) is 22.1. The molecule has 5 nitrogen and oxygen atoms in total. The van der Waals surface area contributed by atoms with Crippen molar-refractivity contribution in [2.75, 3.05) is 11.9 Å². The lowest BCUT2D eigenvalue weighted by atomic mass is 10.1. The molecule has 0 unspecified atom stereocenters. The summed E-state index contributed by atoms with van der Waals surface area (Å²) in [6, 6.07) is 1.89. The summed E-state index contributed by atoms with van der Waals surface area (Å²) in [5.41, 5.74) is 4.44. The number of alkyl halides is 3. The van der Waals surface area contributed by atoms with Crippen molar-refractivity contribution in [2.24, 2.45) is 5.73 Å². The van der Waals surface area contributed by atoms with Gasteiger partial charge in [-0.3, -0.25) is 10.1 Å². The molecule has 0 spiro atoms. The second-order valence-corrected chi connectivity index (χ2v) is 3.81. The molecule has 0 aliphatic heterocycles. The van der Waals surface area contributed by atoms with Gasteiger partial charge >= 0.3 is 12.3 Å². The molecule has 0 radical (unpaired) electrons. The maximum Gasteiger partial charge on any atom is 0.422 e. The van der Waals surface area contributed by atoms with Gasteiger partial charge in [0.2, 0.25) is 5.91 Å². The van der Waals surface area contributed by atoms with E-state index >= 15 is 0 Å². The molecule has 110 valence electrons. The standard InChI is InChI=1S/C11H10F4N2O3/c1-5-7(12)2-6(9(16)18)3-8(5)17-10(19)20-4-11(13,14)15/h2-3H,4H2,1H3,(H2,16,18)(H,17,19). The summed E-state index contributed by atoms with van der Waals surface area (Å²) >= 11 is 0. The lowest BCUT2D eigenvalue weighted by molar-refractivity contribution is -0.159. The topological polar surface area (TPSA) is 81.4 Å². The van der Waals surface area contributed by atoms with Crippen molar-refractivity contribution in [1.82, 2.24) is 0 Å². The number of halogens is 4. The maximum atomic E-state index is 13.4. The van der Waals surface area contributed by atoms with Gasteiger partial charge in [0.1, 0.15) is 5.82 Å². The minimum Gasteiger partial charge on any atom is -0.440 e. The molecule has 0 aliphatic carbocycles. The van der Waals surface area contributed by atoms with Gasteiger partial charge in [0.05, 0.1) is 5.69 Å². The highest BCUT2D eigenvalue weighted by Crippen LogP contribution is 2.21. The third-order valence-electron chi connectivity index (χ3n) is 2.23. The van der Waals surface area contributed by atoms with E-state index < -0.39 is 30.6 Å².